The molecule has 154 valence electrons. The summed E-state index contributed by atoms with van der Waals surface area (Å²) in [6.07, 6.45) is 7.87. The van der Waals surface area contributed by atoms with Gasteiger partial charge in [-0.15, -0.1) is 5.10 Å². The fraction of sp³-hybridized carbons (Fsp3) is 0.125. The van der Waals surface area contributed by atoms with E-state index in [1.54, 1.807) is 4.68 Å². The molecule has 0 aliphatic carbocycles. The predicted molar refractivity (Wildman–Crippen MR) is 126 cm³/mol. The molecule has 7 heteroatoms. The summed E-state index contributed by atoms with van der Waals surface area (Å²) >= 11 is 3.48. The molecule has 0 amide bonds. The van der Waals surface area contributed by atoms with Crippen LogP contribution in [0.4, 0.5) is 0 Å². The Morgan fingerprint density at radius 2 is 2.06 bits per heavy atom. The molecule has 5 aromatic rings. The summed E-state index contributed by atoms with van der Waals surface area (Å²) in [5, 5.41) is 10.7. The van der Waals surface area contributed by atoms with Crippen LogP contribution in [0.3, 0.4) is 0 Å². The van der Waals surface area contributed by atoms with Crippen molar-refractivity contribution in [3.8, 4) is 5.75 Å². The second kappa shape index (κ2) is 8.35. The van der Waals surface area contributed by atoms with E-state index in [9.17, 15) is 0 Å². The molecule has 0 spiro atoms. The smallest absolute Gasteiger partial charge is 0.134 e. The molecule has 31 heavy (non-hydrogen) atoms. The Bertz CT molecular complexity index is 1400. The van der Waals surface area contributed by atoms with Crippen LogP contribution in [0.5, 0.6) is 5.75 Å². The maximum atomic E-state index is 5.98. The average molecular weight is 474 g/mol. The number of allylic oxidation sites excluding steroid dienone is 1. The Balaban J connectivity index is 1.25. The average Bonchev–Trinajstić information content (AvgIpc) is 3.37. The number of pyridine rings is 1. The van der Waals surface area contributed by atoms with Crippen molar-refractivity contribution in [1.29, 1.82) is 0 Å². The van der Waals surface area contributed by atoms with Crippen molar-refractivity contribution >= 4 is 43.8 Å². The minimum atomic E-state index is 0.365. The van der Waals surface area contributed by atoms with Gasteiger partial charge in [0.05, 0.1) is 24.0 Å². The van der Waals surface area contributed by atoms with Gasteiger partial charge in [0.25, 0.3) is 0 Å². The molecule has 1 N–H and O–H groups in total. The molecular weight excluding hydrogens is 454 g/mol. The van der Waals surface area contributed by atoms with Crippen LogP contribution < -0.4 is 4.74 Å². The first-order chi connectivity index (χ1) is 15.2. The third-order valence-corrected chi connectivity index (χ3v) is 5.60. The first kappa shape index (κ1) is 19.5. The third kappa shape index (κ3) is 4.22. The summed E-state index contributed by atoms with van der Waals surface area (Å²) in [5.74, 6) is 0.798. The van der Waals surface area contributed by atoms with E-state index in [2.05, 4.69) is 66.6 Å². The van der Waals surface area contributed by atoms with Gasteiger partial charge in [0.15, 0.2) is 0 Å². The molecular formula is C24H20BrN5O. The standard InChI is InChI=1S/C24H20BrN5O/c1-16-24-21(9-10-26-16)22-13-20(7-8-23(22)27-24)31-15-19-14-30(29-28-19)11-3-5-17-4-2-6-18(25)12-17/h2-10,12-14,27H,11,15H2,1H3/b5-3+. The van der Waals surface area contributed by atoms with Crippen LogP contribution in [0.15, 0.2) is 71.5 Å². The van der Waals surface area contributed by atoms with E-state index in [1.807, 2.05) is 49.6 Å². The Morgan fingerprint density at radius 3 is 2.97 bits per heavy atom. The topological polar surface area (TPSA) is 68.6 Å². The van der Waals surface area contributed by atoms with E-state index in [0.29, 0.717) is 13.2 Å². The van der Waals surface area contributed by atoms with E-state index in [0.717, 1.165) is 49.0 Å². The number of hydrogen-bond acceptors (Lipinski definition) is 4. The van der Waals surface area contributed by atoms with Gasteiger partial charge in [-0.05, 0) is 48.9 Å². The lowest BCUT2D eigenvalue weighted by Gasteiger charge is -2.04. The first-order valence-corrected chi connectivity index (χ1v) is 10.8. The number of nitrogens with one attached hydrogen (secondary N) is 1. The Kier molecular flexibility index (Phi) is 5.26. The van der Waals surface area contributed by atoms with E-state index in [4.69, 9.17) is 4.74 Å². The Labute approximate surface area is 187 Å². The van der Waals surface area contributed by atoms with Crippen LogP contribution in [0.2, 0.25) is 0 Å². The van der Waals surface area contributed by atoms with Gasteiger partial charge in [-0.3, -0.25) is 4.98 Å². The van der Waals surface area contributed by atoms with Crippen LogP contribution >= 0.6 is 15.9 Å². The fourth-order valence-corrected chi connectivity index (χ4v) is 4.00. The van der Waals surface area contributed by atoms with Gasteiger partial charge in [-0.25, -0.2) is 4.68 Å². The molecule has 0 unspecified atom stereocenters. The van der Waals surface area contributed by atoms with Crippen molar-refractivity contribution in [2.24, 2.45) is 0 Å². The van der Waals surface area contributed by atoms with Crippen molar-refractivity contribution in [2.75, 3.05) is 0 Å². The molecule has 0 saturated carbocycles. The highest BCUT2D eigenvalue weighted by atomic mass is 79.9. The van der Waals surface area contributed by atoms with Crippen LogP contribution in [0.1, 0.15) is 17.0 Å². The summed E-state index contributed by atoms with van der Waals surface area (Å²) in [7, 11) is 0. The van der Waals surface area contributed by atoms with E-state index in [-0.39, 0.29) is 0 Å². The molecule has 5 rings (SSSR count). The van der Waals surface area contributed by atoms with Crippen molar-refractivity contribution in [2.45, 2.75) is 20.1 Å². The number of aromatic nitrogens is 5. The highest BCUT2D eigenvalue weighted by Crippen LogP contribution is 2.29. The van der Waals surface area contributed by atoms with Crippen molar-refractivity contribution in [3.05, 3.63) is 88.4 Å². The van der Waals surface area contributed by atoms with E-state index < -0.39 is 0 Å². The number of hydrogen-bond donors (Lipinski definition) is 1. The zero-order valence-corrected chi connectivity index (χ0v) is 18.5. The van der Waals surface area contributed by atoms with Crippen LogP contribution in [-0.2, 0) is 13.2 Å². The number of fused-ring (bicyclic) bond motifs is 3. The van der Waals surface area contributed by atoms with Gasteiger partial charge < -0.3 is 9.72 Å². The summed E-state index contributed by atoms with van der Waals surface area (Å²) in [5.41, 5.74) is 5.04. The second-order valence-electron chi connectivity index (χ2n) is 7.33. The summed E-state index contributed by atoms with van der Waals surface area (Å²) in [6, 6.07) is 16.2. The maximum Gasteiger partial charge on any atom is 0.134 e. The van der Waals surface area contributed by atoms with Gasteiger partial charge in [0.1, 0.15) is 18.1 Å². The van der Waals surface area contributed by atoms with Crippen molar-refractivity contribution in [3.63, 3.8) is 0 Å². The van der Waals surface area contributed by atoms with Gasteiger partial charge in [-0.2, -0.15) is 0 Å². The number of rotatable bonds is 6. The summed E-state index contributed by atoms with van der Waals surface area (Å²) in [6.45, 7) is 3.02. The fourth-order valence-electron chi connectivity index (χ4n) is 3.59. The van der Waals surface area contributed by atoms with Gasteiger partial charge in [0, 0.05) is 27.0 Å². The van der Waals surface area contributed by atoms with Gasteiger partial charge in [-0.1, -0.05) is 45.4 Å². The molecule has 0 radical (unpaired) electrons. The summed E-state index contributed by atoms with van der Waals surface area (Å²) in [4.78, 5) is 7.79. The number of aryl methyl sites for hydroxylation is 1. The molecule has 2 aromatic carbocycles. The van der Waals surface area contributed by atoms with Crippen LogP contribution in [0.25, 0.3) is 27.9 Å². The Hall–Kier alpha value is -3.45. The maximum absolute atomic E-state index is 5.98. The van der Waals surface area contributed by atoms with Crippen molar-refractivity contribution < 1.29 is 4.74 Å². The second-order valence-corrected chi connectivity index (χ2v) is 8.24. The monoisotopic (exact) mass is 473 g/mol. The first-order valence-electron chi connectivity index (χ1n) is 9.97. The van der Waals surface area contributed by atoms with Crippen LogP contribution in [0, 0.1) is 6.92 Å². The lowest BCUT2D eigenvalue weighted by atomic mass is 10.1. The van der Waals surface area contributed by atoms with Gasteiger partial charge in [0.2, 0.25) is 0 Å². The van der Waals surface area contributed by atoms with Crippen molar-refractivity contribution in [1.82, 2.24) is 25.0 Å². The lowest BCUT2D eigenvalue weighted by Crippen LogP contribution is -1.96. The molecule has 0 fully saturated rings. The predicted octanol–water partition coefficient (Wildman–Crippen LogP) is 5.67. The number of aromatic amines is 1. The lowest BCUT2D eigenvalue weighted by molar-refractivity contribution is 0.301. The normalized spacial score (nSPS) is 11.7. The Morgan fingerprint density at radius 1 is 1.13 bits per heavy atom. The molecule has 0 aliphatic heterocycles. The zero-order chi connectivity index (χ0) is 21.2. The number of halogens is 1. The quantitative estimate of drug-likeness (QED) is 0.344. The third-order valence-electron chi connectivity index (χ3n) is 5.11. The largest absolute Gasteiger partial charge is 0.487 e. The van der Waals surface area contributed by atoms with Crippen LogP contribution in [-0.4, -0.2) is 25.0 Å². The zero-order valence-electron chi connectivity index (χ0n) is 16.9. The highest BCUT2D eigenvalue weighted by Gasteiger charge is 2.08. The number of benzene rings is 2. The molecule has 0 bridgehead atoms. The minimum Gasteiger partial charge on any atom is -0.487 e. The molecule has 0 saturated heterocycles. The molecule has 0 aliphatic rings. The number of ether oxygens (including phenoxy) is 1. The highest BCUT2D eigenvalue weighted by molar-refractivity contribution is 9.10. The van der Waals surface area contributed by atoms with E-state index in [1.165, 1.54) is 0 Å². The molecule has 3 heterocycles. The van der Waals surface area contributed by atoms with Gasteiger partial charge >= 0.3 is 0 Å². The molecule has 3 aromatic heterocycles. The number of nitrogens with zero attached hydrogens (tertiary/aromatic N) is 4. The van der Waals surface area contributed by atoms with E-state index >= 15 is 0 Å². The summed E-state index contributed by atoms with van der Waals surface area (Å²) < 4.78 is 8.84. The minimum absolute atomic E-state index is 0.365. The molecule has 6 nitrogen and oxygen atoms in total. The SMILES string of the molecule is Cc1nccc2c1[nH]c1ccc(OCc3cn(C/C=C/c4cccc(Br)c4)nn3)cc12. The number of H-pyrrole nitrogens is 1. The molecule has 0 atom stereocenters.